The van der Waals surface area contributed by atoms with Gasteiger partial charge in [-0.05, 0) is 48.4 Å². The van der Waals surface area contributed by atoms with Crippen LogP contribution in [0.2, 0.25) is 0 Å². The van der Waals surface area contributed by atoms with Crippen LogP contribution in [0.3, 0.4) is 0 Å². The first kappa shape index (κ1) is 14.9. The lowest BCUT2D eigenvalue weighted by molar-refractivity contribution is 0.221. The van der Waals surface area contributed by atoms with Crippen LogP contribution in [0.25, 0.3) is 12.2 Å². The Labute approximate surface area is 135 Å². The van der Waals surface area contributed by atoms with E-state index in [-0.39, 0.29) is 6.10 Å². The molecule has 0 aromatic carbocycles. The SMILES string of the molecule is CC(Oc1cncc(C=Cc2ccncc2)c1)c1ccccn1. The summed E-state index contributed by atoms with van der Waals surface area (Å²) < 4.78 is 5.92. The molecule has 0 fully saturated rings. The Hall–Kier alpha value is -3.01. The van der Waals surface area contributed by atoms with Crippen molar-refractivity contribution in [3.63, 3.8) is 0 Å². The molecule has 23 heavy (non-hydrogen) atoms. The van der Waals surface area contributed by atoms with Gasteiger partial charge in [0.05, 0.1) is 11.9 Å². The van der Waals surface area contributed by atoms with Crippen molar-refractivity contribution in [3.8, 4) is 5.75 Å². The molecule has 3 rings (SSSR count). The van der Waals surface area contributed by atoms with Crippen molar-refractivity contribution in [2.75, 3.05) is 0 Å². The lowest BCUT2D eigenvalue weighted by atomic mass is 10.2. The maximum Gasteiger partial charge on any atom is 0.139 e. The van der Waals surface area contributed by atoms with E-state index in [9.17, 15) is 0 Å². The number of nitrogens with zero attached hydrogens (tertiary/aromatic N) is 3. The first-order valence-electron chi connectivity index (χ1n) is 7.42. The zero-order valence-corrected chi connectivity index (χ0v) is 12.8. The lowest BCUT2D eigenvalue weighted by Crippen LogP contribution is -2.05. The predicted molar refractivity (Wildman–Crippen MR) is 90.7 cm³/mol. The van der Waals surface area contributed by atoms with Gasteiger partial charge in [0, 0.05) is 24.8 Å². The third-order valence-electron chi connectivity index (χ3n) is 3.33. The van der Waals surface area contributed by atoms with E-state index in [4.69, 9.17) is 4.74 Å². The number of hydrogen-bond donors (Lipinski definition) is 0. The van der Waals surface area contributed by atoms with Gasteiger partial charge in [-0.15, -0.1) is 0 Å². The fraction of sp³-hybridized carbons (Fsp3) is 0.105. The minimum Gasteiger partial charge on any atom is -0.483 e. The third kappa shape index (κ3) is 4.23. The second kappa shape index (κ2) is 7.31. The average molecular weight is 303 g/mol. The largest absolute Gasteiger partial charge is 0.483 e. The molecule has 0 aliphatic rings. The van der Waals surface area contributed by atoms with Crippen LogP contribution < -0.4 is 4.74 Å². The quantitative estimate of drug-likeness (QED) is 0.709. The van der Waals surface area contributed by atoms with Gasteiger partial charge < -0.3 is 4.74 Å². The molecule has 3 aromatic rings. The number of ether oxygens (including phenoxy) is 1. The number of pyridine rings is 3. The Balaban J connectivity index is 1.71. The van der Waals surface area contributed by atoms with Crippen LogP contribution in [0.15, 0.2) is 67.4 Å². The van der Waals surface area contributed by atoms with E-state index in [1.54, 1.807) is 31.0 Å². The third-order valence-corrected chi connectivity index (χ3v) is 3.33. The van der Waals surface area contributed by atoms with Crippen molar-refractivity contribution < 1.29 is 4.74 Å². The van der Waals surface area contributed by atoms with Gasteiger partial charge in [-0.1, -0.05) is 18.2 Å². The molecular formula is C19H17N3O. The highest BCUT2D eigenvalue weighted by atomic mass is 16.5. The second-order valence-corrected chi connectivity index (χ2v) is 5.08. The van der Waals surface area contributed by atoms with E-state index in [1.807, 2.05) is 55.5 Å². The molecule has 1 unspecified atom stereocenters. The van der Waals surface area contributed by atoms with Gasteiger partial charge in [0.1, 0.15) is 11.9 Å². The molecular weight excluding hydrogens is 286 g/mol. The van der Waals surface area contributed by atoms with E-state index in [0.717, 1.165) is 22.6 Å². The first-order valence-corrected chi connectivity index (χ1v) is 7.42. The van der Waals surface area contributed by atoms with Crippen molar-refractivity contribution in [2.24, 2.45) is 0 Å². The standard InChI is InChI=1S/C19H17N3O/c1-15(19-4-2-3-9-22-19)23-18-12-17(13-21-14-18)6-5-16-7-10-20-11-8-16/h2-15H,1H3. The molecule has 1 atom stereocenters. The van der Waals surface area contributed by atoms with Crippen molar-refractivity contribution >= 4 is 12.2 Å². The summed E-state index contributed by atoms with van der Waals surface area (Å²) in [6, 6.07) is 11.7. The van der Waals surface area contributed by atoms with Crippen LogP contribution in [0.1, 0.15) is 29.8 Å². The minimum atomic E-state index is -0.127. The molecule has 0 bridgehead atoms. The van der Waals surface area contributed by atoms with Gasteiger partial charge in [0.25, 0.3) is 0 Å². The molecule has 114 valence electrons. The van der Waals surface area contributed by atoms with E-state index in [2.05, 4.69) is 15.0 Å². The summed E-state index contributed by atoms with van der Waals surface area (Å²) in [7, 11) is 0. The molecule has 3 heterocycles. The van der Waals surface area contributed by atoms with Crippen LogP contribution in [0.5, 0.6) is 5.75 Å². The summed E-state index contributed by atoms with van der Waals surface area (Å²) in [5.74, 6) is 0.722. The zero-order valence-electron chi connectivity index (χ0n) is 12.8. The zero-order chi connectivity index (χ0) is 15.9. The van der Waals surface area contributed by atoms with Gasteiger partial charge in [0.2, 0.25) is 0 Å². The topological polar surface area (TPSA) is 47.9 Å². The monoisotopic (exact) mass is 303 g/mol. The summed E-state index contributed by atoms with van der Waals surface area (Å²) in [5.41, 5.74) is 2.96. The molecule has 0 amide bonds. The fourth-order valence-corrected chi connectivity index (χ4v) is 2.14. The Morgan fingerprint density at radius 3 is 2.52 bits per heavy atom. The van der Waals surface area contributed by atoms with Gasteiger partial charge in [0.15, 0.2) is 0 Å². The van der Waals surface area contributed by atoms with Crippen molar-refractivity contribution in [1.29, 1.82) is 0 Å². The molecule has 0 radical (unpaired) electrons. The van der Waals surface area contributed by atoms with E-state index in [0.29, 0.717) is 0 Å². The summed E-state index contributed by atoms with van der Waals surface area (Å²) in [4.78, 5) is 12.5. The van der Waals surface area contributed by atoms with Gasteiger partial charge >= 0.3 is 0 Å². The van der Waals surface area contributed by atoms with Crippen LogP contribution in [0, 0.1) is 0 Å². The molecule has 0 saturated carbocycles. The average Bonchev–Trinajstić information content (AvgIpc) is 2.62. The summed E-state index contributed by atoms with van der Waals surface area (Å²) in [6.07, 6.45) is 12.7. The minimum absolute atomic E-state index is 0.127. The molecule has 0 aliphatic carbocycles. The van der Waals surface area contributed by atoms with Crippen molar-refractivity contribution in [3.05, 3.63) is 84.2 Å². The van der Waals surface area contributed by atoms with Crippen LogP contribution in [0.4, 0.5) is 0 Å². The highest BCUT2D eigenvalue weighted by Gasteiger charge is 2.08. The number of rotatable bonds is 5. The first-order chi connectivity index (χ1) is 11.3. The molecule has 0 N–H and O–H groups in total. The second-order valence-electron chi connectivity index (χ2n) is 5.08. The molecule has 4 heteroatoms. The van der Waals surface area contributed by atoms with Crippen LogP contribution in [-0.4, -0.2) is 15.0 Å². The normalized spacial score (nSPS) is 12.2. The Morgan fingerprint density at radius 1 is 0.913 bits per heavy atom. The lowest BCUT2D eigenvalue weighted by Gasteiger charge is -2.13. The highest BCUT2D eigenvalue weighted by Crippen LogP contribution is 2.21. The maximum absolute atomic E-state index is 5.92. The molecule has 4 nitrogen and oxygen atoms in total. The Morgan fingerprint density at radius 2 is 1.74 bits per heavy atom. The fourth-order valence-electron chi connectivity index (χ4n) is 2.14. The summed E-state index contributed by atoms with van der Waals surface area (Å²) in [5, 5.41) is 0. The summed E-state index contributed by atoms with van der Waals surface area (Å²) >= 11 is 0. The van der Waals surface area contributed by atoms with Gasteiger partial charge in [-0.2, -0.15) is 0 Å². The Kier molecular flexibility index (Phi) is 4.74. The van der Waals surface area contributed by atoms with Crippen LogP contribution in [-0.2, 0) is 0 Å². The maximum atomic E-state index is 5.92. The van der Waals surface area contributed by atoms with E-state index >= 15 is 0 Å². The van der Waals surface area contributed by atoms with Crippen LogP contribution >= 0.6 is 0 Å². The van der Waals surface area contributed by atoms with E-state index in [1.165, 1.54) is 0 Å². The number of hydrogen-bond acceptors (Lipinski definition) is 4. The molecule has 3 aromatic heterocycles. The van der Waals surface area contributed by atoms with Gasteiger partial charge in [-0.3, -0.25) is 15.0 Å². The van der Waals surface area contributed by atoms with Crippen molar-refractivity contribution in [1.82, 2.24) is 15.0 Å². The predicted octanol–water partition coefficient (Wildman–Crippen LogP) is 4.18. The Bertz CT molecular complexity index is 773. The summed E-state index contributed by atoms with van der Waals surface area (Å²) in [6.45, 7) is 1.97. The molecule has 0 saturated heterocycles. The van der Waals surface area contributed by atoms with E-state index < -0.39 is 0 Å². The number of aromatic nitrogens is 3. The van der Waals surface area contributed by atoms with Gasteiger partial charge in [-0.25, -0.2) is 0 Å². The smallest absolute Gasteiger partial charge is 0.139 e. The highest BCUT2D eigenvalue weighted by molar-refractivity contribution is 5.69. The molecule has 0 aliphatic heterocycles. The van der Waals surface area contributed by atoms with Crippen molar-refractivity contribution in [2.45, 2.75) is 13.0 Å². The molecule has 0 spiro atoms.